The van der Waals surface area contributed by atoms with Crippen LogP contribution in [0, 0.1) is 11.6 Å². The van der Waals surface area contributed by atoms with Crippen LogP contribution in [0.5, 0.6) is 11.6 Å². The molecule has 0 aliphatic carbocycles. The largest absolute Gasteiger partial charge is 0.434 e. The Hall–Kier alpha value is -5.19. The topological polar surface area (TPSA) is 124 Å². The number of amides is 2. The first-order valence-corrected chi connectivity index (χ1v) is 11.0. The number of hydrogen-bond donors (Lipinski definition) is 2. The molecule has 1 atom stereocenters. The van der Waals surface area contributed by atoms with Crippen LogP contribution in [0.25, 0.3) is 16.6 Å². The molecule has 11 heteroatoms. The lowest BCUT2D eigenvalue weighted by Gasteiger charge is -2.15. The molecule has 1 unspecified atom stereocenters. The molecule has 3 aromatic heterocycles. The van der Waals surface area contributed by atoms with E-state index in [1.807, 2.05) is 12.1 Å². The minimum absolute atomic E-state index is 0.0208. The van der Waals surface area contributed by atoms with E-state index in [2.05, 4.69) is 20.4 Å². The maximum absolute atomic E-state index is 15.1. The van der Waals surface area contributed by atoms with Crippen molar-refractivity contribution in [2.75, 3.05) is 5.32 Å². The number of nitrogens with one attached hydrogen (secondary N) is 1. The molecule has 9 nitrogen and oxygen atoms in total. The SMILES string of the molecule is NC(=O)C(C(=O)Nc1ccc(F)cc1)c1ccc(Oc2ncnn3cc(-c4ccncc4)cc23)c(F)c1. The van der Waals surface area contributed by atoms with Gasteiger partial charge in [-0.3, -0.25) is 14.6 Å². The highest BCUT2D eigenvalue weighted by Crippen LogP contribution is 2.31. The zero-order chi connectivity index (χ0) is 25.9. The van der Waals surface area contributed by atoms with Gasteiger partial charge in [-0.05, 0) is 65.7 Å². The normalized spacial score (nSPS) is 11.7. The van der Waals surface area contributed by atoms with E-state index in [0.717, 1.165) is 29.3 Å². The number of halogens is 2. The lowest BCUT2D eigenvalue weighted by Crippen LogP contribution is -2.32. The zero-order valence-corrected chi connectivity index (χ0v) is 19.0. The molecule has 0 fully saturated rings. The van der Waals surface area contributed by atoms with Crippen molar-refractivity contribution >= 4 is 23.0 Å². The second kappa shape index (κ2) is 9.82. The fourth-order valence-corrected chi connectivity index (χ4v) is 3.76. The Morgan fingerprint density at radius 1 is 0.973 bits per heavy atom. The van der Waals surface area contributed by atoms with E-state index >= 15 is 4.39 Å². The summed E-state index contributed by atoms with van der Waals surface area (Å²) in [6.45, 7) is 0. The lowest BCUT2D eigenvalue weighted by molar-refractivity contribution is -0.127. The molecule has 5 aromatic rings. The highest BCUT2D eigenvalue weighted by Gasteiger charge is 2.28. The van der Waals surface area contributed by atoms with Crippen LogP contribution in [0.3, 0.4) is 0 Å². The summed E-state index contributed by atoms with van der Waals surface area (Å²) >= 11 is 0. The molecule has 2 aromatic carbocycles. The standard InChI is InChI=1S/C26H18F2N6O3/c27-18-2-4-19(5-3-18)33-25(36)23(24(29)35)16-1-6-22(20(28)11-16)37-26-21-12-17(13-34(21)32-14-31-26)15-7-9-30-10-8-15/h1-14,23H,(H2,29,35)(H,33,36). The highest BCUT2D eigenvalue weighted by atomic mass is 19.1. The molecular formula is C26H18F2N6O3. The summed E-state index contributed by atoms with van der Waals surface area (Å²) in [5.74, 6) is -4.68. The number of pyridine rings is 1. The number of hydrogen-bond acceptors (Lipinski definition) is 6. The monoisotopic (exact) mass is 500 g/mol. The minimum Gasteiger partial charge on any atom is -0.434 e. The molecule has 3 N–H and O–H groups in total. The van der Waals surface area contributed by atoms with Crippen molar-refractivity contribution in [1.82, 2.24) is 19.6 Å². The predicted octanol–water partition coefficient (Wildman–Crippen LogP) is 4.07. The summed E-state index contributed by atoms with van der Waals surface area (Å²) in [6, 6.07) is 14.0. The Morgan fingerprint density at radius 3 is 2.43 bits per heavy atom. The minimum atomic E-state index is -1.49. The van der Waals surface area contributed by atoms with Crippen molar-refractivity contribution in [2.24, 2.45) is 5.73 Å². The van der Waals surface area contributed by atoms with Crippen LogP contribution in [0.2, 0.25) is 0 Å². The van der Waals surface area contributed by atoms with E-state index in [-0.39, 0.29) is 22.9 Å². The van der Waals surface area contributed by atoms with Gasteiger partial charge in [0, 0.05) is 29.8 Å². The van der Waals surface area contributed by atoms with Gasteiger partial charge in [0.15, 0.2) is 11.6 Å². The van der Waals surface area contributed by atoms with Gasteiger partial charge < -0.3 is 15.8 Å². The van der Waals surface area contributed by atoms with Crippen molar-refractivity contribution in [3.8, 4) is 22.8 Å². The van der Waals surface area contributed by atoms with Gasteiger partial charge in [-0.25, -0.2) is 13.3 Å². The first kappa shape index (κ1) is 23.5. The van der Waals surface area contributed by atoms with Gasteiger partial charge in [0.25, 0.3) is 0 Å². The van der Waals surface area contributed by atoms with Crippen LogP contribution in [0.1, 0.15) is 11.5 Å². The average molecular weight is 500 g/mol. The number of carbonyl (C=O) groups is 2. The van der Waals surface area contributed by atoms with Gasteiger partial charge in [-0.15, -0.1) is 0 Å². The molecule has 0 saturated carbocycles. The maximum Gasteiger partial charge on any atom is 0.247 e. The number of nitrogens with two attached hydrogens (primary N) is 1. The van der Waals surface area contributed by atoms with E-state index in [9.17, 15) is 14.0 Å². The first-order chi connectivity index (χ1) is 17.9. The number of nitrogens with zero attached hydrogens (tertiary/aromatic N) is 4. The van der Waals surface area contributed by atoms with E-state index < -0.39 is 29.4 Å². The molecule has 0 radical (unpaired) electrons. The summed E-state index contributed by atoms with van der Waals surface area (Å²) in [5.41, 5.74) is 7.94. The number of primary amides is 1. The fourth-order valence-electron chi connectivity index (χ4n) is 3.76. The zero-order valence-electron chi connectivity index (χ0n) is 19.0. The Labute approximate surface area is 208 Å². The van der Waals surface area contributed by atoms with Gasteiger partial charge in [-0.1, -0.05) is 6.07 Å². The summed E-state index contributed by atoms with van der Waals surface area (Å²) < 4.78 is 35.5. The Bertz CT molecular complexity index is 1610. The fraction of sp³-hybridized carbons (Fsp3) is 0.0385. The van der Waals surface area contributed by atoms with Crippen LogP contribution >= 0.6 is 0 Å². The maximum atomic E-state index is 15.1. The highest BCUT2D eigenvalue weighted by molar-refractivity contribution is 6.10. The number of benzene rings is 2. The summed E-state index contributed by atoms with van der Waals surface area (Å²) in [5, 5.41) is 6.64. The molecule has 5 rings (SSSR count). The van der Waals surface area contributed by atoms with E-state index in [1.165, 1.54) is 30.6 Å². The molecule has 0 bridgehead atoms. The van der Waals surface area contributed by atoms with E-state index in [4.69, 9.17) is 10.5 Å². The van der Waals surface area contributed by atoms with Crippen molar-refractivity contribution < 1.29 is 23.1 Å². The van der Waals surface area contributed by atoms with Crippen LogP contribution in [0.15, 0.2) is 85.6 Å². The molecule has 37 heavy (non-hydrogen) atoms. The molecular weight excluding hydrogens is 482 g/mol. The molecule has 2 amide bonds. The summed E-state index contributed by atoms with van der Waals surface area (Å²) in [6.07, 6.45) is 6.37. The van der Waals surface area contributed by atoms with Crippen molar-refractivity contribution in [3.63, 3.8) is 0 Å². The van der Waals surface area contributed by atoms with Crippen molar-refractivity contribution in [2.45, 2.75) is 5.92 Å². The molecule has 184 valence electrons. The molecule has 0 aliphatic rings. The van der Waals surface area contributed by atoms with Gasteiger partial charge in [-0.2, -0.15) is 10.1 Å². The number of rotatable bonds is 7. The Balaban J connectivity index is 1.40. The number of fused-ring (bicyclic) bond motifs is 1. The third-order valence-corrected chi connectivity index (χ3v) is 5.54. The second-order valence-electron chi connectivity index (χ2n) is 7.98. The predicted molar refractivity (Wildman–Crippen MR) is 130 cm³/mol. The van der Waals surface area contributed by atoms with Gasteiger partial charge in [0.2, 0.25) is 17.7 Å². The van der Waals surface area contributed by atoms with Crippen LogP contribution in [0.4, 0.5) is 14.5 Å². The van der Waals surface area contributed by atoms with Gasteiger partial charge >= 0.3 is 0 Å². The van der Waals surface area contributed by atoms with E-state index in [1.54, 1.807) is 29.2 Å². The van der Waals surface area contributed by atoms with Crippen molar-refractivity contribution in [3.05, 3.63) is 103 Å². The smallest absolute Gasteiger partial charge is 0.247 e. The molecule has 0 saturated heterocycles. The van der Waals surface area contributed by atoms with Crippen LogP contribution in [-0.4, -0.2) is 31.4 Å². The Kier molecular flexibility index (Phi) is 6.25. The Morgan fingerprint density at radius 2 is 1.73 bits per heavy atom. The number of ether oxygens (including phenoxy) is 1. The van der Waals surface area contributed by atoms with E-state index in [0.29, 0.717) is 5.52 Å². The van der Waals surface area contributed by atoms with Crippen molar-refractivity contribution in [1.29, 1.82) is 0 Å². The van der Waals surface area contributed by atoms with Crippen LogP contribution < -0.4 is 15.8 Å². The molecule has 0 spiro atoms. The number of aromatic nitrogens is 4. The lowest BCUT2D eigenvalue weighted by atomic mass is 9.97. The number of carbonyl (C=O) groups excluding carboxylic acids is 2. The second-order valence-corrected chi connectivity index (χ2v) is 7.98. The summed E-state index contributed by atoms with van der Waals surface area (Å²) in [7, 11) is 0. The quantitative estimate of drug-likeness (QED) is 0.325. The van der Waals surface area contributed by atoms with Gasteiger partial charge in [0.1, 0.15) is 23.6 Å². The number of anilines is 1. The summed E-state index contributed by atoms with van der Waals surface area (Å²) in [4.78, 5) is 32.9. The first-order valence-electron chi connectivity index (χ1n) is 11.0. The molecule has 0 aliphatic heterocycles. The van der Waals surface area contributed by atoms with Gasteiger partial charge in [0.05, 0.1) is 0 Å². The average Bonchev–Trinajstić information content (AvgIpc) is 3.33. The third kappa shape index (κ3) is 4.96. The molecule has 3 heterocycles. The third-order valence-electron chi connectivity index (χ3n) is 5.54. The van der Waals surface area contributed by atoms with Crippen LogP contribution in [-0.2, 0) is 9.59 Å².